The minimum atomic E-state index is -0.466. The van der Waals surface area contributed by atoms with E-state index in [1.165, 1.54) is 0 Å². The van der Waals surface area contributed by atoms with Crippen LogP contribution in [0.15, 0.2) is 24.3 Å². The van der Waals surface area contributed by atoms with Gasteiger partial charge in [0.1, 0.15) is 5.75 Å². The average Bonchev–Trinajstić information content (AvgIpc) is 1.94. The van der Waals surface area contributed by atoms with Gasteiger partial charge in [-0.3, -0.25) is 0 Å². The Morgan fingerprint density at radius 3 is 2.70 bits per heavy atom. The number of aromatic hydroxyl groups is 1. The van der Waals surface area contributed by atoms with Gasteiger partial charge in [-0.25, -0.2) is 0 Å². The molecule has 0 amide bonds. The van der Waals surface area contributed by atoms with E-state index in [0.29, 0.717) is 5.75 Å². The van der Waals surface area contributed by atoms with E-state index in [1.54, 1.807) is 18.2 Å². The topological polar surface area (TPSA) is 29.5 Å². The lowest BCUT2D eigenvalue weighted by Gasteiger charge is -2.03. The first-order chi connectivity index (χ1) is 4.84. The summed E-state index contributed by atoms with van der Waals surface area (Å²) in [5, 5.41) is 9.14. The molecule has 0 aliphatic carbocycles. The van der Waals surface area contributed by atoms with Crippen molar-refractivity contribution >= 4 is 9.76 Å². The van der Waals surface area contributed by atoms with Gasteiger partial charge in [0.05, 0.1) is 0 Å². The van der Waals surface area contributed by atoms with Crippen LogP contribution < -0.4 is 4.43 Å². The van der Waals surface area contributed by atoms with Crippen molar-refractivity contribution in [2.75, 3.05) is 0 Å². The fraction of sp³-hybridized carbons (Fsp3) is 0.143. The Morgan fingerprint density at radius 2 is 2.10 bits per heavy atom. The summed E-state index contributed by atoms with van der Waals surface area (Å²) in [4.78, 5) is 0. The maximum absolute atomic E-state index is 9.14. The van der Waals surface area contributed by atoms with Crippen LogP contribution in [0.2, 0.25) is 6.55 Å². The van der Waals surface area contributed by atoms with Gasteiger partial charge in [-0.2, -0.15) is 0 Å². The molecule has 0 heterocycles. The normalized spacial score (nSPS) is 10.5. The van der Waals surface area contributed by atoms with Gasteiger partial charge in [0.25, 0.3) is 0 Å². The summed E-state index contributed by atoms with van der Waals surface area (Å²) in [6, 6.07) is 7.02. The second kappa shape index (κ2) is 3.27. The summed E-state index contributed by atoms with van der Waals surface area (Å²) in [5.41, 5.74) is 0. The van der Waals surface area contributed by atoms with Gasteiger partial charge in [-0.15, -0.1) is 0 Å². The molecule has 1 rings (SSSR count). The lowest BCUT2D eigenvalue weighted by atomic mass is 10.3. The Hall–Kier alpha value is -0.963. The predicted molar refractivity (Wildman–Crippen MR) is 43.1 cm³/mol. The molecular weight excluding hydrogens is 144 g/mol. The molecule has 0 atom stereocenters. The van der Waals surface area contributed by atoms with Crippen LogP contribution in [0.4, 0.5) is 0 Å². The van der Waals surface area contributed by atoms with E-state index < -0.39 is 9.76 Å². The van der Waals surface area contributed by atoms with Crippen LogP contribution in [0.3, 0.4) is 0 Å². The van der Waals surface area contributed by atoms with Crippen molar-refractivity contribution in [3.05, 3.63) is 24.3 Å². The van der Waals surface area contributed by atoms with Crippen molar-refractivity contribution in [3.63, 3.8) is 0 Å². The fourth-order valence-corrected chi connectivity index (χ4v) is 1.29. The Labute approximate surface area is 62.4 Å². The highest BCUT2D eigenvalue weighted by molar-refractivity contribution is 6.26. The van der Waals surface area contributed by atoms with E-state index in [0.717, 1.165) is 0 Å². The summed E-state index contributed by atoms with van der Waals surface area (Å²) in [7, 11) is -0.466. The first-order valence-electron chi connectivity index (χ1n) is 3.25. The Morgan fingerprint density at radius 1 is 1.40 bits per heavy atom. The minimum Gasteiger partial charge on any atom is -0.547 e. The van der Waals surface area contributed by atoms with E-state index in [-0.39, 0.29) is 5.75 Å². The highest BCUT2D eigenvalue weighted by Crippen LogP contribution is 2.23. The SMILES string of the molecule is C[SiH2]Oc1ccccc1O. The van der Waals surface area contributed by atoms with Gasteiger partial charge in [0.15, 0.2) is 5.75 Å². The van der Waals surface area contributed by atoms with Crippen LogP contribution >= 0.6 is 0 Å². The smallest absolute Gasteiger partial charge is 0.216 e. The number of hydrogen-bond acceptors (Lipinski definition) is 2. The zero-order chi connectivity index (χ0) is 7.40. The zero-order valence-electron chi connectivity index (χ0n) is 5.87. The molecule has 0 bridgehead atoms. The third-order valence-electron chi connectivity index (χ3n) is 1.17. The second-order valence-corrected chi connectivity index (χ2v) is 2.77. The third-order valence-corrected chi connectivity index (χ3v) is 1.76. The van der Waals surface area contributed by atoms with Crippen molar-refractivity contribution < 1.29 is 9.53 Å². The van der Waals surface area contributed by atoms with E-state index in [2.05, 4.69) is 0 Å². The number of phenols is 1. The first-order valence-corrected chi connectivity index (χ1v) is 5.24. The van der Waals surface area contributed by atoms with E-state index in [1.807, 2.05) is 12.6 Å². The molecule has 0 aliphatic heterocycles. The van der Waals surface area contributed by atoms with Gasteiger partial charge in [-0.05, 0) is 18.7 Å². The highest BCUT2D eigenvalue weighted by atomic mass is 28.2. The Balaban J connectivity index is 2.81. The van der Waals surface area contributed by atoms with Crippen LogP contribution in [0, 0.1) is 0 Å². The lowest BCUT2D eigenvalue weighted by Crippen LogP contribution is -1.94. The third kappa shape index (κ3) is 1.51. The van der Waals surface area contributed by atoms with Crippen LogP contribution in [-0.2, 0) is 0 Å². The summed E-state index contributed by atoms with van der Waals surface area (Å²) >= 11 is 0. The quantitative estimate of drug-likeness (QED) is 0.641. The maximum Gasteiger partial charge on any atom is 0.216 e. The fourth-order valence-electron chi connectivity index (χ4n) is 0.735. The van der Waals surface area contributed by atoms with Crippen LogP contribution in [0.1, 0.15) is 0 Å². The number of para-hydroxylation sites is 2. The highest BCUT2D eigenvalue weighted by Gasteiger charge is 1.95. The molecule has 0 aliphatic rings. The molecule has 0 unspecified atom stereocenters. The van der Waals surface area contributed by atoms with Gasteiger partial charge in [-0.1, -0.05) is 12.1 Å². The number of benzene rings is 1. The van der Waals surface area contributed by atoms with Crippen LogP contribution in [0.5, 0.6) is 11.5 Å². The van der Waals surface area contributed by atoms with Crippen molar-refractivity contribution in [2.24, 2.45) is 0 Å². The molecule has 0 saturated carbocycles. The summed E-state index contributed by atoms with van der Waals surface area (Å²) < 4.78 is 5.23. The maximum atomic E-state index is 9.14. The molecule has 0 spiro atoms. The largest absolute Gasteiger partial charge is 0.547 e. The van der Waals surface area contributed by atoms with Crippen molar-refractivity contribution in [3.8, 4) is 11.5 Å². The Bertz CT molecular complexity index is 213. The van der Waals surface area contributed by atoms with Gasteiger partial charge < -0.3 is 9.53 Å². The van der Waals surface area contributed by atoms with Crippen molar-refractivity contribution in [1.82, 2.24) is 0 Å². The van der Waals surface area contributed by atoms with Gasteiger partial charge in [0, 0.05) is 0 Å². The van der Waals surface area contributed by atoms with Crippen molar-refractivity contribution in [1.29, 1.82) is 0 Å². The molecule has 0 saturated heterocycles. The molecule has 3 heteroatoms. The Kier molecular flexibility index (Phi) is 2.34. The van der Waals surface area contributed by atoms with Crippen molar-refractivity contribution in [2.45, 2.75) is 6.55 Å². The molecule has 1 aromatic rings. The zero-order valence-corrected chi connectivity index (χ0v) is 7.29. The average molecular weight is 154 g/mol. The molecule has 0 aromatic heterocycles. The molecule has 1 N–H and O–H groups in total. The van der Waals surface area contributed by atoms with E-state index in [4.69, 9.17) is 9.53 Å². The molecule has 0 radical (unpaired) electrons. The molecular formula is C7H10O2Si. The van der Waals surface area contributed by atoms with Gasteiger partial charge >= 0.3 is 0 Å². The molecule has 2 nitrogen and oxygen atoms in total. The first kappa shape index (κ1) is 7.15. The van der Waals surface area contributed by atoms with Gasteiger partial charge in [0.2, 0.25) is 9.76 Å². The van der Waals surface area contributed by atoms with Crippen LogP contribution in [0.25, 0.3) is 0 Å². The summed E-state index contributed by atoms with van der Waals surface area (Å²) in [6.45, 7) is 2.02. The monoisotopic (exact) mass is 154 g/mol. The lowest BCUT2D eigenvalue weighted by molar-refractivity contribution is 0.444. The molecule has 1 aromatic carbocycles. The van der Waals surface area contributed by atoms with E-state index in [9.17, 15) is 0 Å². The molecule has 0 fully saturated rings. The number of rotatable bonds is 2. The summed E-state index contributed by atoms with van der Waals surface area (Å²) in [6.07, 6.45) is 0. The predicted octanol–water partition coefficient (Wildman–Crippen LogP) is 0.903. The molecule has 10 heavy (non-hydrogen) atoms. The number of phenolic OH excluding ortho intramolecular Hbond substituents is 1. The minimum absolute atomic E-state index is 0.233. The second-order valence-electron chi connectivity index (χ2n) is 1.90. The molecule has 54 valence electrons. The van der Waals surface area contributed by atoms with E-state index >= 15 is 0 Å². The van der Waals surface area contributed by atoms with Crippen LogP contribution in [-0.4, -0.2) is 14.9 Å². The number of hydrogen-bond donors (Lipinski definition) is 1. The standard InChI is InChI=1S/C7H10O2Si/c1-10-9-7-5-3-2-4-6(7)8/h2-5,8H,10H2,1H3. The summed E-state index contributed by atoms with van der Waals surface area (Å²) in [5.74, 6) is 0.841.